The molecular weight excluding hydrogens is 216 g/mol. The van der Waals surface area contributed by atoms with E-state index < -0.39 is 0 Å². The van der Waals surface area contributed by atoms with Crippen LogP contribution in [0.25, 0.3) is 0 Å². The maximum Gasteiger partial charge on any atom is 0.134 e. The summed E-state index contributed by atoms with van der Waals surface area (Å²) in [6.07, 6.45) is 3.83. The van der Waals surface area contributed by atoms with Crippen LogP contribution in [0.1, 0.15) is 12.8 Å². The third-order valence-corrected chi connectivity index (χ3v) is 3.20. The minimum Gasteiger partial charge on any atom is -0.396 e. The van der Waals surface area contributed by atoms with E-state index in [-0.39, 0.29) is 6.61 Å². The third kappa shape index (κ3) is 2.85. The average molecular weight is 236 g/mol. The highest BCUT2D eigenvalue weighted by Gasteiger charge is 2.20. The lowest BCUT2D eigenvalue weighted by atomic mass is 9.99. The van der Waals surface area contributed by atoms with Gasteiger partial charge < -0.3 is 14.9 Å². The van der Waals surface area contributed by atoms with Crippen LogP contribution >= 0.6 is 0 Å². The van der Waals surface area contributed by atoms with E-state index in [0.29, 0.717) is 5.92 Å². The summed E-state index contributed by atoms with van der Waals surface area (Å²) in [5.74, 6) is 2.25. The number of hydrogen-bond acceptors (Lipinski definition) is 5. The van der Waals surface area contributed by atoms with Gasteiger partial charge in [-0.05, 0) is 18.8 Å². The van der Waals surface area contributed by atoms with E-state index in [1.165, 1.54) is 0 Å². The fourth-order valence-corrected chi connectivity index (χ4v) is 2.18. The molecule has 0 radical (unpaired) electrons. The predicted octanol–water partition coefficient (Wildman–Crippen LogP) is 0.751. The molecule has 1 atom stereocenters. The van der Waals surface area contributed by atoms with Gasteiger partial charge >= 0.3 is 0 Å². The minimum atomic E-state index is 0.266. The highest BCUT2D eigenvalue weighted by Crippen LogP contribution is 2.22. The fraction of sp³-hybridized carbons (Fsp3) is 0.667. The van der Waals surface area contributed by atoms with Gasteiger partial charge in [0.05, 0.1) is 0 Å². The monoisotopic (exact) mass is 236 g/mol. The lowest BCUT2D eigenvalue weighted by Gasteiger charge is -2.32. The summed E-state index contributed by atoms with van der Waals surface area (Å²) >= 11 is 0. The topological polar surface area (TPSA) is 52.5 Å². The van der Waals surface area contributed by atoms with E-state index in [4.69, 9.17) is 0 Å². The van der Waals surface area contributed by atoms with Gasteiger partial charge in [-0.15, -0.1) is 0 Å². The molecule has 0 bridgehead atoms. The van der Waals surface area contributed by atoms with Gasteiger partial charge in [-0.25, -0.2) is 9.97 Å². The molecule has 0 aromatic carbocycles. The highest BCUT2D eigenvalue weighted by atomic mass is 16.3. The number of nitrogens with zero attached hydrogens (tertiary/aromatic N) is 4. The Labute approximate surface area is 102 Å². The summed E-state index contributed by atoms with van der Waals surface area (Å²) in [4.78, 5) is 12.7. The second kappa shape index (κ2) is 5.31. The minimum absolute atomic E-state index is 0.266. The summed E-state index contributed by atoms with van der Waals surface area (Å²) in [7, 11) is 3.94. The van der Waals surface area contributed by atoms with Crippen LogP contribution in [0.15, 0.2) is 12.4 Å². The summed E-state index contributed by atoms with van der Waals surface area (Å²) in [6.45, 7) is 2.17. The molecule has 1 fully saturated rings. The number of aromatic nitrogens is 2. The molecule has 0 spiro atoms. The number of hydrogen-bond donors (Lipinski definition) is 1. The van der Waals surface area contributed by atoms with Gasteiger partial charge in [0.25, 0.3) is 0 Å². The van der Waals surface area contributed by atoms with Crippen LogP contribution in [-0.4, -0.2) is 48.9 Å². The van der Waals surface area contributed by atoms with Crippen molar-refractivity contribution < 1.29 is 5.11 Å². The second-order valence-corrected chi connectivity index (χ2v) is 4.77. The zero-order valence-corrected chi connectivity index (χ0v) is 10.5. The van der Waals surface area contributed by atoms with Gasteiger partial charge in [-0.3, -0.25) is 0 Å². The normalized spacial score (nSPS) is 20.4. The van der Waals surface area contributed by atoms with Crippen LogP contribution in [0.5, 0.6) is 0 Å². The maximum atomic E-state index is 9.23. The smallest absolute Gasteiger partial charge is 0.134 e. The molecule has 0 amide bonds. The van der Waals surface area contributed by atoms with Crippen molar-refractivity contribution in [2.24, 2.45) is 5.92 Å². The average Bonchev–Trinajstić information content (AvgIpc) is 2.39. The quantitative estimate of drug-likeness (QED) is 0.839. The van der Waals surface area contributed by atoms with Crippen LogP contribution < -0.4 is 9.80 Å². The van der Waals surface area contributed by atoms with Crippen LogP contribution in [-0.2, 0) is 0 Å². The van der Waals surface area contributed by atoms with Crippen LogP contribution in [0.3, 0.4) is 0 Å². The van der Waals surface area contributed by atoms with Gasteiger partial charge in [0.15, 0.2) is 0 Å². The Bertz CT molecular complexity index is 369. The Hall–Kier alpha value is -1.36. The molecule has 17 heavy (non-hydrogen) atoms. The number of aliphatic hydroxyl groups is 1. The van der Waals surface area contributed by atoms with E-state index in [9.17, 15) is 5.11 Å². The highest BCUT2D eigenvalue weighted by molar-refractivity contribution is 5.49. The van der Waals surface area contributed by atoms with Gasteiger partial charge in [0, 0.05) is 39.9 Å². The van der Waals surface area contributed by atoms with E-state index in [1.807, 2.05) is 25.1 Å². The Kier molecular flexibility index (Phi) is 3.78. The number of rotatable bonds is 3. The first-order chi connectivity index (χ1) is 8.20. The largest absolute Gasteiger partial charge is 0.396 e. The van der Waals surface area contributed by atoms with Crippen LogP contribution in [0, 0.1) is 5.92 Å². The van der Waals surface area contributed by atoms with Crippen molar-refractivity contribution in [2.45, 2.75) is 12.8 Å². The molecular formula is C12H20N4O. The summed E-state index contributed by atoms with van der Waals surface area (Å²) < 4.78 is 0. The Morgan fingerprint density at radius 1 is 1.47 bits per heavy atom. The van der Waals surface area contributed by atoms with E-state index in [0.717, 1.165) is 37.6 Å². The van der Waals surface area contributed by atoms with Crippen molar-refractivity contribution in [3.8, 4) is 0 Å². The fourth-order valence-electron chi connectivity index (χ4n) is 2.18. The Balaban J connectivity index is 2.13. The van der Waals surface area contributed by atoms with Gasteiger partial charge in [0.2, 0.25) is 0 Å². The summed E-state index contributed by atoms with van der Waals surface area (Å²) in [5.41, 5.74) is 0. The molecule has 1 aromatic heterocycles. The second-order valence-electron chi connectivity index (χ2n) is 4.77. The molecule has 0 aliphatic carbocycles. The molecule has 1 N–H and O–H groups in total. The molecule has 1 saturated heterocycles. The molecule has 94 valence electrons. The Morgan fingerprint density at radius 3 is 3.00 bits per heavy atom. The third-order valence-electron chi connectivity index (χ3n) is 3.20. The van der Waals surface area contributed by atoms with Crippen molar-refractivity contribution in [3.05, 3.63) is 12.4 Å². The first-order valence-corrected chi connectivity index (χ1v) is 6.06. The first-order valence-electron chi connectivity index (χ1n) is 6.06. The van der Waals surface area contributed by atoms with E-state index in [1.54, 1.807) is 6.33 Å². The molecule has 2 heterocycles. The Morgan fingerprint density at radius 2 is 2.29 bits per heavy atom. The molecule has 5 nitrogen and oxygen atoms in total. The molecule has 5 heteroatoms. The standard InChI is InChI=1S/C12H20N4O/c1-15(2)11-6-12(14-9-13-11)16-5-3-4-10(7-16)8-17/h6,9-10,17H,3-5,7-8H2,1-2H3. The zero-order chi connectivity index (χ0) is 12.3. The molecule has 1 unspecified atom stereocenters. The van der Waals surface area contributed by atoms with Gasteiger partial charge in [-0.1, -0.05) is 0 Å². The molecule has 1 aromatic rings. The maximum absolute atomic E-state index is 9.23. The SMILES string of the molecule is CN(C)c1cc(N2CCCC(CO)C2)ncn1. The van der Waals surface area contributed by atoms with Crippen molar-refractivity contribution in [1.82, 2.24) is 9.97 Å². The van der Waals surface area contributed by atoms with Crippen molar-refractivity contribution in [1.29, 1.82) is 0 Å². The zero-order valence-electron chi connectivity index (χ0n) is 10.5. The summed E-state index contributed by atoms with van der Waals surface area (Å²) in [6, 6.07) is 2.00. The lowest BCUT2D eigenvalue weighted by Crippen LogP contribution is -2.37. The number of piperidine rings is 1. The first kappa shape index (κ1) is 12.1. The molecule has 0 saturated carbocycles. The number of aliphatic hydroxyl groups excluding tert-OH is 1. The van der Waals surface area contributed by atoms with Gasteiger partial charge in [-0.2, -0.15) is 0 Å². The van der Waals surface area contributed by atoms with Crippen LogP contribution in [0.4, 0.5) is 11.6 Å². The van der Waals surface area contributed by atoms with Crippen molar-refractivity contribution >= 4 is 11.6 Å². The van der Waals surface area contributed by atoms with Crippen molar-refractivity contribution in [2.75, 3.05) is 43.6 Å². The van der Waals surface area contributed by atoms with Crippen molar-refractivity contribution in [3.63, 3.8) is 0 Å². The lowest BCUT2D eigenvalue weighted by molar-refractivity contribution is 0.208. The van der Waals surface area contributed by atoms with Gasteiger partial charge in [0.1, 0.15) is 18.0 Å². The molecule has 2 rings (SSSR count). The summed E-state index contributed by atoms with van der Waals surface area (Å²) in [5, 5.41) is 9.23. The number of anilines is 2. The van der Waals surface area contributed by atoms with E-state index >= 15 is 0 Å². The van der Waals surface area contributed by atoms with E-state index in [2.05, 4.69) is 14.9 Å². The van der Waals surface area contributed by atoms with Crippen LogP contribution in [0.2, 0.25) is 0 Å². The molecule has 1 aliphatic rings. The predicted molar refractivity (Wildman–Crippen MR) is 68.4 cm³/mol. The molecule has 1 aliphatic heterocycles.